The van der Waals surface area contributed by atoms with Gasteiger partial charge in [0.15, 0.2) is 6.10 Å². The number of carboxylic acids is 1. The smallest absolute Gasteiger partial charge is 0.333 e. The van der Waals surface area contributed by atoms with Crippen LogP contribution in [0, 0.1) is 0 Å². The zero-order valence-electron chi connectivity index (χ0n) is 4.34. The summed E-state index contributed by atoms with van der Waals surface area (Å²) in [5, 5.41) is 16.6. The predicted octanol–water partition coefficient (Wildman–Crippen LogP) is 0.215. The molecule has 0 saturated heterocycles. The van der Waals surface area contributed by atoms with E-state index in [9.17, 15) is 4.79 Å². The Kier molecular flexibility index (Phi) is 3.01. The van der Waals surface area contributed by atoms with Gasteiger partial charge < -0.3 is 10.2 Å². The van der Waals surface area contributed by atoms with Crippen molar-refractivity contribution in [1.29, 1.82) is 0 Å². The molecule has 8 heavy (non-hydrogen) atoms. The maximum Gasteiger partial charge on any atom is 0.333 e. The standard InChI is InChI=1S/C4H7BrO3/c1-2(5)3(6)4(7)8/h2-3,6H,1H3,(H,7,8). The third kappa shape index (κ3) is 2.28. The van der Waals surface area contributed by atoms with Crippen LogP contribution in [0.4, 0.5) is 0 Å². The van der Waals surface area contributed by atoms with Crippen molar-refractivity contribution >= 4 is 21.9 Å². The molecule has 48 valence electrons. The molecule has 0 heterocycles. The zero-order chi connectivity index (χ0) is 6.73. The summed E-state index contributed by atoms with van der Waals surface area (Å²) in [6, 6.07) is 0. The van der Waals surface area contributed by atoms with Gasteiger partial charge in [-0.3, -0.25) is 0 Å². The number of hydrogen-bond donors (Lipinski definition) is 2. The monoisotopic (exact) mass is 182 g/mol. The van der Waals surface area contributed by atoms with Gasteiger partial charge in [0.1, 0.15) is 0 Å². The molecule has 0 rings (SSSR count). The molecular formula is C4H7BrO3. The van der Waals surface area contributed by atoms with Crippen molar-refractivity contribution in [2.45, 2.75) is 17.9 Å². The molecule has 0 aromatic heterocycles. The first-order valence-corrected chi connectivity index (χ1v) is 3.02. The van der Waals surface area contributed by atoms with Crippen LogP contribution >= 0.6 is 15.9 Å². The molecule has 2 unspecified atom stereocenters. The molecule has 0 fully saturated rings. The first-order chi connectivity index (χ1) is 3.55. The van der Waals surface area contributed by atoms with Crippen molar-refractivity contribution in [3.63, 3.8) is 0 Å². The first kappa shape index (κ1) is 7.91. The lowest BCUT2D eigenvalue weighted by Gasteiger charge is -2.04. The van der Waals surface area contributed by atoms with Crippen LogP contribution in [0.5, 0.6) is 0 Å². The fourth-order valence-corrected chi connectivity index (χ4v) is 0.423. The Labute approximate surface area is 55.5 Å². The summed E-state index contributed by atoms with van der Waals surface area (Å²) < 4.78 is 0. The van der Waals surface area contributed by atoms with Crippen LogP contribution in [0.1, 0.15) is 6.92 Å². The number of hydrogen-bond acceptors (Lipinski definition) is 2. The number of aliphatic hydroxyl groups is 1. The molecule has 0 radical (unpaired) electrons. The van der Waals surface area contributed by atoms with E-state index in [2.05, 4.69) is 15.9 Å². The normalized spacial score (nSPS) is 17.4. The van der Waals surface area contributed by atoms with Gasteiger partial charge in [-0.05, 0) is 6.92 Å². The van der Waals surface area contributed by atoms with Gasteiger partial charge >= 0.3 is 5.97 Å². The maximum absolute atomic E-state index is 9.86. The second-order valence-electron chi connectivity index (χ2n) is 1.46. The number of aliphatic carboxylic acids is 1. The Hall–Kier alpha value is -0.0900. The van der Waals surface area contributed by atoms with Crippen LogP contribution in [0.15, 0.2) is 0 Å². The van der Waals surface area contributed by atoms with E-state index >= 15 is 0 Å². The minimum atomic E-state index is -1.30. The van der Waals surface area contributed by atoms with Crippen LogP contribution < -0.4 is 0 Å². The Morgan fingerprint density at radius 2 is 2.12 bits per heavy atom. The van der Waals surface area contributed by atoms with Gasteiger partial charge in [-0.2, -0.15) is 0 Å². The van der Waals surface area contributed by atoms with Crippen molar-refractivity contribution < 1.29 is 15.0 Å². The van der Waals surface area contributed by atoms with Crippen LogP contribution in [0.25, 0.3) is 0 Å². The summed E-state index contributed by atoms with van der Waals surface area (Å²) in [6.07, 6.45) is -1.30. The number of alkyl halides is 1. The maximum atomic E-state index is 9.86. The summed E-state index contributed by atoms with van der Waals surface area (Å²) >= 11 is 2.91. The predicted molar refractivity (Wildman–Crippen MR) is 32.0 cm³/mol. The lowest BCUT2D eigenvalue weighted by atomic mass is 10.3. The second kappa shape index (κ2) is 3.04. The minimum absolute atomic E-state index is 0.389. The second-order valence-corrected chi connectivity index (χ2v) is 2.90. The highest BCUT2D eigenvalue weighted by atomic mass is 79.9. The van der Waals surface area contributed by atoms with Gasteiger partial charge in [-0.25, -0.2) is 4.79 Å². The molecule has 0 aliphatic carbocycles. The van der Waals surface area contributed by atoms with E-state index in [1.807, 2.05) is 0 Å². The molecule has 0 saturated carbocycles. The number of rotatable bonds is 2. The molecule has 3 nitrogen and oxygen atoms in total. The largest absolute Gasteiger partial charge is 0.479 e. The van der Waals surface area contributed by atoms with Gasteiger partial charge in [0, 0.05) is 4.83 Å². The Morgan fingerprint density at radius 1 is 1.75 bits per heavy atom. The lowest BCUT2D eigenvalue weighted by Crippen LogP contribution is -2.27. The van der Waals surface area contributed by atoms with Crippen molar-refractivity contribution in [3.05, 3.63) is 0 Å². The summed E-state index contributed by atoms with van der Waals surface area (Å²) in [6.45, 7) is 1.57. The Balaban J connectivity index is 3.64. The van der Waals surface area contributed by atoms with Crippen LogP contribution in [0.3, 0.4) is 0 Å². The van der Waals surface area contributed by atoms with E-state index in [0.717, 1.165) is 0 Å². The van der Waals surface area contributed by atoms with Gasteiger partial charge in [0.05, 0.1) is 0 Å². The molecular weight excluding hydrogens is 176 g/mol. The fraction of sp³-hybridized carbons (Fsp3) is 0.750. The van der Waals surface area contributed by atoms with Crippen LogP contribution in [-0.4, -0.2) is 27.1 Å². The highest BCUT2D eigenvalue weighted by molar-refractivity contribution is 9.09. The molecule has 0 aromatic carbocycles. The first-order valence-electron chi connectivity index (χ1n) is 2.10. The van der Waals surface area contributed by atoms with E-state index in [-0.39, 0.29) is 4.83 Å². The Morgan fingerprint density at radius 3 is 2.12 bits per heavy atom. The molecule has 0 aliphatic heterocycles. The van der Waals surface area contributed by atoms with Crippen molar-refractivity contribution in [3.8, 4) is 0 Å². The van der Waals surface area contributed by atoms with Gasteiger partial charge in [-0.15, -0.1) is 0 Å². The topological polar surface area (TPSA) is 57.5 Å². The van der Waals surface area contributed by atoms with Gasteiger partial charge in [0.2, 0.25) is 0 Å². The molecule has 0 amide bonds. The molecule has 0 bridgehead atoms. The third-order valence-electron chi connectivity index (χ3n) is 0.688. The van der Waals surface area contributed by atoms with Crippen molar-refractivity contribution in [1.82, 2.24) is 0 Å². The molecule has 2 atom stereocenters. The third-order valence-corrected chi connectivity index (χ3v) is 1.19. The number of carboxylic acid groups (broad SMARTS) is 1. The highest BCUT2D eigenvalue weighted by Crippen LogP contribution is 2.03. The number of aliphatic hydroxyl groups excluding tert-OH is 1. The molecule has 4 heteroatoms. The van der Waals surface area contributed by atoms with E-state index in [1.54, 1.807) is 6.92 Å². The summed E-state index contributed by atoms with van der Waals surface area (Å²) in [4.78, 5) is 9.47. The lowest BCUT2D eigenvalue weighted by molar-refractivity contribution is -0.146. The SMILES string of the molecule is CC(Br)C(O)C(=O)O. The Bertz CT molecular complexity index is 91.3. The summed E-state index contributed by atoms with van der Waals surface area (Å²) in [5.74, 6) is -1.20. The quantitative estimate of drug-likeness (QED) is 0.601. The zero-order valence-corrected chi connectivity index (χ0v) is 5.92. The van der Waals surface area contributed by atoms with E-state index in [4.69, 9.17) is 10.2 Å². The van der Waals surface area contributed by atoms with E-state index in [0.29, 0.717) is 0 Å². The van der Waals surface area contributed by atoms with Crippen LogP contribution in [-0.2, 0) is 4.79 Å². The molecule has 0 aliphatic rings. The minimum Gasteiger partial charge on any atom is -0.479 e. The average molecular weight is 183 g/mol. The van der Waals surface area contributed by atoms with Gasteiger partial charge in [0.25, 0.3) is 0 Å². The fourth-order valence-electron chi connectivity index (χ4n) is 0.196. The summed E-state index contributed by atoms with van der Waals surface area (Å²) in [7, 11) is 0. The van der Waals surface area contributed by atoms with Crippen LogP contribution in [0.2, 0.25) is 0 Å². The average Bonchev–Trinajstić information content (AvgIpc) is 1.64. The number of carbonyl (C=O) groups is 1. The molecule has 2 N–H and O–H groups in total. The van der Waals surface area contributed by atoms with E-state index in [1.165, 1.54) is 0 Å². The number of halogens is 1. The van der Waals surface area contributed by atoms with E-state index < -0.39 is 12.1 Å². The summed E-state index contributed by atoms with van der Waals surface area (Å²) in [5.41, 5.74) is 0. The van der Waals surface area contributed by atoms with Crippen molar-refractivity contribution in [2.75, 3.05) is 0 Å². The molecule has 0 aromatic rings. The molecule has 0 spiro atoms. The van der Waals surface area contributed by atoms with Gasteiger partial charge in [-0.1, -0.05) is 15.9 Å². The highest BCUT2D eigenvalue weighted by Gasteiger charge is 2.17. The van der Waals surface area contributed by atoms with Crippen molar-refractivity contribution in [2.24, 2.45) is 0 Å².